The van der Waals surface area contributed by atoms with Crippen molar-refractivity contribution in [3.63, 3.8) is 0 Å². The Morgan fingerprint density at radius 3 is 2.71 bits per heavy atom. The van der Waals surface area contributed by atoms with Crippen molar-refractivity contribution in [2.45, 2.75) is 76.7 Å². The lowest BCUT2D eigenvalue weighted by molar-refractivity contribution is -0.158. The molecule has 0 spiro atoms. The van der Waals surface area contributed by atoms with Gasteiger partial charge in [-0.1, -0.05) is 50.3 Å². The predicted octanol–water partition coefficient (Wildman–Crippen LogP) is 7.21. The van der Waals surface area contributed by atoms with E-state index in [4.69, 9.17) is 14.2 Å². The molecule has 4 nitrogen and oxygen atoms in total. The molecule has 2 aromatic rings. The third-order valence-corrected chi connectivity index (χ3v) is 6.98. The third kappa shape index (κ3) is 6.19. The van der Waals surface area contributed by atoms with E-state index in [9.17, 15) is 4.39 Å². The van der Waals surface area contributed by atoms with Crippen LogP contribution in [0.5, 0.6) is 5.75 Å². The van der Waals surface area contributed by atoms with Crippen molar-refractivity contribution < 1.29 is 18.6 Å². The summed E-state index contributed by atoms with van der Waals surface area (Å²) in [6.45, 7) is 9.60. The van der Waals surface area contributed by atoms with Crippen molar-refractivity contribution in [3.8, 4) is 5.75 Å². The van der Waals surface area contributed by atoms with Gasteiger partial charge in [-0.25, -0.2) is 4.39 Å². The largest absolute Gasteiger partial charge is 0.485 e. The minimum Gasteiger partial charge on any atom is -0.485 e. The van der Waals surface area contributed by atoms with Crippen LogP contribution >= 0.6 is 0 Å². The van der Waals surface area contributed by atoms with Gasteiger partial charge in [0.25, 0.3) is 0 Å². The van der Waals surface area contributed by atoms with Gasteiger partial charge < -0.3 is 19.5 Å². The van der Waals surface area contributed by atoms with Gasteiger partial charge in [0.15, 0.2) is 0 Å². The number of fused-ring (bicyclic) bond motifs is 1. The number of ether oxygens (including phenoxy) is 3. The first-order valence-electron chi connectivity index (χ1n) is 12.6. The minimum atomic E-state index is -0.540. The summed E-state index contributed by atoms with van der Waals surface area (Å²) in [5, 5.41) is 3.41. The topological polar surface area (TPSA) is 39.7 Å². The van der Waals surface area contributed by atoms with Crippen LogP contribution in [0.25, 0.3) is 0 Å². The summed E-state index contributed by atoms with van der Waals surface area (Å²) in [4.78, 5) is 0. The second kappa shape index (κ2) is 11.4. The van der Waals surface area contributed by atoms with Crippen LogP contribution in [0.3, 0.4) is 0 Å². The molecule has 1 aliphatic carbocycles. The lowest BCUT2D eigenvalue weighted by Crippen LogP contribution is -2.51. The Hall–Kier alpha value is -2.37. The highest BCUT2D eigenvalue weighted by molar-refractivity contribution is 5.53. The monoisotopic (exact) mass is 467 g/mol. The van der Waals surface area contributed by atoms with Gasteiger partial charge in [0.05, 0.1) is 6.61 Å². The van der Waals surface area contributed by atoms with Crippen LogP contribution < -0.4 is 10.1 Å². The Morgan fingerprint density at radius 2 is 1.94 bits per heavy atom. The van der Waals surface area contributed by atoms with Crippen LogP contribution in [0.1, 0.15) is 69.6 Å². The Balaban J connectivity index is 1.52. The van der Waals surface area contributed by atoms with Gasteiger partial charge in [-0.2, -0.15) is 0 Å². The van der Waals surface area contributed by atoms with E-state index in [1.807, 2.05) is 18.2 Å². The second-order valence-electron chi connectivity index (χ2n) is 10.1. The van der Waals surface area contributed by atoms with Crippen molar-refractivity contribution in [3.05, 3.63) is 72.1 Å². The standard InChI is InChI=1S/C29H38FNO3/c1-4-16-33-28-27(32-17-15-21-9-6-5-7-10-21)25-19-24(13-14-26(25)34-29(28,2)3)31-20-22-11-8-12-23(30)18-22/h4,8,11-14,18-19,21,27-28,31H,1,5-7,9-10,15-17,20H2,2-3H3. The number of halogens is 1. The van der Waals surface area contributed by atoms with Crippen LogP contribution in [0.4, 0.5) is 10.1 Å². The summed E-state index contributed by atoms with van der Waals surface area (Å²) in [6.07, 6.45) is 9.00. The molecule has 0 amide bonds. The average molecular weight is 468 g/mol. The number of nitrogens with one attached hydrogen (secondary N) is 1. The molecule has 184 valence electrons. The summed E-state index contributed by atoms with van der Waals surface area (Å²) in [7, 11) is 0. The highest BCUT2D eigenvalue weighted by atomic mass is 19.1. The van der Waals surface area contributed by atoms with Crippen molar-refractivity contribution in [1.29, 1.82) is 0 Å². The summed E-state index contributed by atoms with van der Waals surface area (Å²) in [5.74, 6) is 1.35. The summed E-state index contributed by atoms with van der Waals surface area (Å²) < 4.78 is 32.7. The molecule has 2 aliphatic rings. The van der Waals surface area contributed by atoms with Gasteiger partial charge in [0, 0.05) is 24.4 Å². The average Bonchev–Trinajstić information content (AvgIpc) is 2.82. The van der Waals surface area contributed by atoms with Crippen molar-refractivity contribution >= 4 is 5.69 Å². The minimum absolute atomic E-state index is 0.228. The zero-order valence-corrected chi connectivity index (χ0v) is 20.5. The maximum Gasteiger partial charge on any atom is 0.132 e. The molecule has 1 saturated carbocycles. The Bertz CT molecular complexity index is 954. The number of benzene rings is 2. The van der Waals surface area contributed by atoms with E-state index in [0.29, 0.717) is 19.8 Å². The van der Waals surface area contributed by atoms with Gasteiger partial charge in [0.1, 0.15) is 29.4 Å². The van der Waals surface area contributed by atoms with Crippen LogP contribution in [-0.4, -0.2) is 24.9 Å². The Morgan fingerprint density at radius 1 is 1.12 bits per heavy atom. The highest BCUT2D eigenvalue weighted by Gasteiger charge is 2.45. The number of rotatable bonds is 10. The zero-order valence-electron chi connectivity index (χ0n) is 20.5. The number of hydrogen-bond acceptors (Lipinski definition) is 4. The molecular weight excluding hydrogens is 429 g/mol. The molecule has 0 aromatic heterocycles. The molecule has 0 radical (unpaired) electrons. The van der Waals surface area contributed by atoms with E-state index in [-0.39, 0.29) is 18.0 Å². The van der Waals surface area contributed by atoms with Crippen LogP contribution in [0.2, 0.25) is 0 Å². The van der Waals surface area contributed by atoms with Gasteiger partial charge in [-0.15, -0.1) is 6.58 Å². The molecule has 2 atom stereocenters. The van der Waals surface area contributed by atoms with Gasteiger partial charge >= 0.3 is 0 Å². The smallest absolute Gasteiger partial charge is 0.132 e. The number of anilines is 1. The Kier molecular flexibility index (Phi) is 8.28. The van der Waals surface area contributed by atoms with E-state index in [2.05, 4.69) is 31.8 Å². The molecular formula is C29H38FNO3. The first-order valence-corrected chi connectivity index (χ1v) is 12.6. The molecule has 1 heterocycles. The van der Waals surface area contributed by atoms with Crippen molar-refractivity contribution in [1.82, 2.24) is 0 Å². The lowest BCUT2D eigenvalue weighted by Gasteiger charge is -2.44. The van der Waals surface area contributed by atoms with Gasteiger partial charge in [-0.05, 0) is 62.1 Å². The first kappa shape index (κ1) is 24.7. The predicted molar refractivity (Wildman–Crippen MR) is 135 cm³/mol. The maximum absolute atomic E-state index is 13.6. The normalized spacial score (nSPS) is 22.0. The Labute approximate surface area is 203 Å². The molecule has 1 fully saturated rings. The molecule has 1 aliphatic heterocycles. The fraction of sp³-hybridized carbons (Fsp3) is 0.517. The molecule has 0 bridgehead atoms. The fourth-order valence-electron chi connectivity index (χ4n) is 5.17. The zero-order chi connectivity index (χ0) is 24.0. The molecule has 34 heavy (non-hydrogen) atoms. The summed E-state index contributed by atoms with van der Waals surface area (Å²) in [6, 6.07) is 12.7. The van der Waals surface area contributed by atoms with Crippen molar-refractivity contribution in [2.24, 2.45) is 5.92 Å². The SMILES string of the molecule is C=CCOC1C(OCCC2CCCCC2)c2cc(NCc3cccc(F)c3)ccc2OC1(C)C. The van der Waals surface area contributed by atoms with E-state index in [0.717, 1.165) is 34.9 Å². The summed E-state index contributed by atoms with van der Waals surface area (Å²) >= 11 is 0. The molecule has 0 saturated heterocycles. The van der Waals surface area contributed by atoms with Crippen LogP contribution in [0, 0.1) is 11.7 Å². The van der Waals surface area contributed by atoms with Crippen molar-refractivity contribution in [2.75, 3.05) is 18.5 Å². The molecule has 1 N–H and O–H groups in total. The second-order valence-corrected chi connectivity index (χ2v) is 10.1. The van der Waals surface area contributed by atoms with Gasteiger partial charge in [0.2, 0.25) is 0 Å². The van der Waals surface area contributed by atoms with E-state index >= 15 is 0 Å². The van der Waals surface area contributed by atoms with Gasteiger partial charge in [-0.3, -0.25) is 0 Å². The van der Waals surface area contributed by atoms with E-state index < -0.39 is 5.60 Å². The van der Waals surface area contributed by atoms with E-state index in [1.165, 1.54) is 38.2 Å². The maximum atomic E-state index is 13.6. The number of hydrogen-bond donors (Lipinski definition) is 1. The molecule has 2 unspecified atom stereocenters. The highest BCUT2D eigenvalue weighted by Crippen LogP contribution is 2.44. The van der Waals surface area contributed by atoms with Crippen LogP contribution in [0.15, 0.2) is 55.1 Å². The first-order chi connectivity index (χ1) is 16.5. The molecule has 2 aromatic carbocycles. The third-order valence-electron chi connectivity index (χ3n) is 6.98. The summed E-state index contributed by atoms with van der Waals surface area (Å²) in [5.41, 5.74) is 2.28. The van der Waals surface area contributed by atoms with Crippen LogP contribution in [-0.2, 0) is 16.0 Å². The fourth-order valence-corrected chi connectivity index (χ4v) is 5.17. The van der Waals surface area contributed by atoms with E-state index in [1.54, 1.807) is 18.2 Å². The molecule has 4 rings (SSSR count). The quantitative estimate of drug-likeness (QED) is 0.375. The lowest BCUT2D eigenvalue weighted by atomic mass is 9.86. The molecule has 5 heteroatoms.